The largest absolute Gasteiger partial charge is 0.404 e. The van der Waals surface area contributed by atoms with E-state index in [-0.39, 0.29) is 17.8 Å². The van der Waals surface area contributed by atoms with E-state index in [4.69, 9.17) is 5.73 Å². The summed E-state index contributed by atoms with van der Waals surface area (Å²) in [6, 6.07) is 11.1. The zero-order chi connectivity index (χ0) is 27.9. The monoisotopic (exact) mass is 527 g/mol. The summed E-state index contributed by atoms with van der Waals surface area (Å²) in [6.45, 7) is 12.6. The molecule has 0 bridgehead atoms. The Bertz CT molecular complexity index is 1340. The Morgan fingerprint density at radius 2 is 1.92 bits per heavy atom. The van der Waals surface area contributed by atoms with E-state index in [1.54, 1.807) is 36.9 Å². The minimum Gasteiger partial charge on any atom is -0.404 e. The number of nitrogens with one attached hydrogen (secondary N) is 1. The van der Waals surface area contributed by atoms with Gasteiger partial charge in [-0.3, -0.25) is 19.9 Å². The minimum atomic E-state index is -0.310. The lowest BCUT2D eigenvalue weighted by atomic mass is 9.80. The second-order valence-corrected chi connectivity index (χ2v) is 10.3. The summed E-state index contributed by atoms with van der Waals surface area (Å²) in [5.41, 5.74) is 10.8. The SMILES string of the molecule is CC1C(/C(C=NCCN(C(C)C)C(C)C)=C/N)=CC=C2C(Nc3ccnc(-c4ccccc4F)c3)=NC=NC21. The first kappa shape index (κ1) is 28.1. The van der Waals surface area contributed by atoms with Gasteiger partial charge in [0.2, 0.25) is 0 Å². The molecule has 2 atom stereocenters. The van der Waals surface area contributed by atoms with E-state index >= 15 is 0 Å². The number of nitrogens with zero attached hydrogens (tertiary/aromatic N) is 5. The van der Waals surface area contributed by atoms with Crippen LogP contribution in [-0.4, -0.2) is 59.5 Å². The lowest BCUT2D eigenvalue weighted by Gasteiger charge is -2.31. The summed E-state index contributed by atoms with van der Waals surface area (Å²) in [6.07, 6.45) is 10.9. The van der Waals surface area contributed by atoms with Crippen molar-refractivity contribution in [1.29, 1.82) is 0 Å². The average Bonchev–Trinajstić information content (AvgIpc) is 2.92. The Kier molecular flexibility index (Phi) is 9.19. The summed E-state index contributed by atoms with van der Waals surface area (Å²) in [5.74, 6) is 0.469. The fourth-order valence-corrected chi connectivity index (χ4v) is 5.12. The third-order valence-electron chi connectivity index (χ3n) is 7.14. The number of amidine groups is 1. The van der Waals surface area contributed by atoms with Crippen molar-refractivity contribution in [3.63, 3.8) is 0 Å². The third kappa shape index (κ3) is 6.57. The van der Waals surface area contributed by atoms with Gasteiger partial charge in [-0.1, -0.05) is 31.2 Å². The number of benzene rings is 1. The Hall–Kier alpha value is -3.91. The number of halogens is 1. The van der Waals surface area contributed by atoms with Crippen LogP contribution in [0, 0.1) is 11.7 Å². The van der Waals surface area contributed by atoms with Crippen molar-refractivity contribution in [1.82, 2.24) is 9.88 Å². The number of hydrogen-bond donors (Lipinski definition) is 2. The molecule has 3 N–H and O–H groups in total. The molecule has 0 saturated heterocycles. The van der Waals surface area contributed by atoms with Crippen molar-refractivity contribution in [3.8, 4) is 11.3 Å². The quantitative estimate of drug-likeness (QED) is 0.413. The first-order valence-electron chi connectivity index (χ1n) is 13.5. The lowest BCUT2D eigenvalue weighted by molar-refractivity contribution is 0.181. The maximum absolute atomic E-state index is 14.3. The van der Waals surface area contributed by atoms with Crippen molar-refractivity contribution in [2.45, 2.75) is 52.7 Å². The van der Waals surface area contributed by atoms with Crippen LogP contribution in [0.1, 0.15) is 34.6 Å². The number of nitrogens with two attached hydrogens (primary N) is 1. The van der Waals surface area contributed by atoms with Gasteiger partial charge in [0.1, 0.15) is 18.0 Å². The molecule has 2 aromatic rings. The summed E-state index contributed by atoms with van der Waals surface area (Å²) in [7, 11) is 0. The van der Waals surface area contributed by atoms with Crippen molar-refractivity contribution in [3.05, 3.63) is 83.5 Å². The molecule has 1 aromatic heterocycles. The van der Waals surface area contributed by atoms with E-state index in [2.05, 4.69) is 70.9 Å². The van der Waals surface area contributed by atoms with Crippen molar-refractivity contribution in [2.24, 2.45) is 26.6 Å². The van der Waals surface area contributed by atoms with Crippen LogP contribution in [0.15, 0.2) is 92.6 Å². The molecular formula is C31H38FN7. The molecule has 1 aromatic carbocycles. The van der Waals surface area contributed by atoms with Crippen LogP contribution < -0.4 is 11.1 Å². The van der Waals surface area contributed by atoms with Gasteiger partial charge in [0.25, 0.3) is 0 Å². The lowest BCUT2D eigenvalue weighted by Crippen LogP contribution is -2.38. The Morgan fingerprint density at radius 1 is 1.15 bits per heavy atom. The van der Waals surface area contributed by atoms with Crippen molar-refractivity contribution >= 4 is 24.1 Å². The molecule has 0 saturated carbocycles. The van der Waals surface area contributed by atoms with Crippen LogP contribution in [0.4, 0.5) is 10.1 Å². The third-order valence-corrected chi connectivity index (χ3v) is 7.14. The van der Waals surface area contributed by atoms with E-state index in [0.717, 1.165) is 29.0 Å². The fraction of sp³-hybridized carbons (Fsp3) is 0.355. The standard InChI is InChI=1S/C31H38FN7/c1-20(2)39(21(3)4)15-14-34-18-23(17-33)25-10-11-27-30(22(25)5)36-19-37-31(27)38-24-12-13-35-29(16-24)26-8-6-7-9-28(26)32/h6-13,16-22,30H,14-15,33H2,1-5H3,(H,35,36,37,38)/b23-17+,34-18?. The number of fused-ring (bicyclic) bond motifs is 1. The molecule has 0 radical (unpaired) electrons. The van der Waals surface area contributed by atoms with Gasteiger partial charge in [-0.25, -0.2) is 9.38 Å². The maximum Gasteiger partial charge on any atom is 0.137 e. The second-order valence-electron chi connectivity index (χ2n) is 10.3. The highest BCUT2D eigenvalue weighted by Crippen LogP contribution is 2.34. The van der Waals surface area contributed by atoms with Gasteiger partial charge in [-0.05, 0) is 57.5 Å². The molecule has 8 heteroatoms. The Morgan fingerprint density at radius 3 is 2.64 bits per heavy atom. The molecule has 1 aliphatic heterocycles. The highest BCUT2D eigenvalue weighted by molar-refractivity contribution is 6.13. The number of allylic oxidation sites excluding steroid dienone is 3. The zero-order valence-electron chi connectivity index (χ0n) is 23.3. The first-order chi connectivity index (χ1) is 18.8. The van der Waals surface area contributed by atoms with E-state index in [9.17, 15) is 4.39 Å². The van der Waals surface area contributed by atoms with Gasteiger partial charge in [0, 0.05) is 65.6 Å². The minimum absolute atomic E-state index is 0.0732. The maximum atomic E-state index is 14.3. The summed E-state index contributed by atoms with van der Waals surface area (Å²) < 4.78 is 14.3. The van der Waals surface area contributed by atoms with Crippen LogP contribution in [0.5, 0.6) is 0 Å². The molecule has 39 heavy (non-hydrogen) atoms. The molecule has 0 fully saturated rings. The zero-order valence-corrected chi connectivity index (χ0v) is 23.3. The number of rotatable bonds is 9. The van der Waals surface area contributed by atoms with Gasteiger partial charge >= 0.3 is 0 Å². The van der Waals surface area contributed by atoms with E-state index in [0.29, 0.717) is 35.7 Å². The summed E-state index contributed by atoms with van der Waals surface area (Å²) in [5, 5.41) is 3.39. The smallest absolute Gasteiger partial charge is 0.137 e. The van der Waals surface area contributed by atoms with Gasteiger partial charge in [-0.2, -0.15) is 0 Å². The van der Waals surface area contributed by atoms with E-state index in [1.165, 1.54) is 6.07 Å². The molecule has 0 amide bonds. The average molecular weight is 528 g/mol. The predicted octanol–water partition coefficient (Wildman–Crippen LogP) is 5.64. The van der Waals surface area contributed by atoms with Crippen molar-refractivity contribution in [2.75, 3.05) is 18.4 Å². The number of pyridine rings is 1. The van der Waals surface area contributed by atoms with Crippen LogP contribution in [0.3, 0.4) is 0 Å². The number of hydrogen-bond acceptors (Lipinski definition) is 7. The van der Waals surface area contributed by atoms with Gasteiger partial charge < -0.3 is 11.1 Å². The van der Waals surface area contributed by atoms with Crippen LogP contribution in [0.2, 0.25) is 0 Å². The molecule has 1 aliphatic carbocycles. The topological polar surface area (TPSA) is 91.3 Å². The van der Waals surface area contributed by atoms with E-state index in [1.807, 2.05) is 24.4 Å². The Balaban J connectivity index is 1.50. The van der Waals surface area contributed by atoms with E-state index < -0.39 is 0 Å². The molecule has 2 heterocycles. The molecular weight excluding hydrogens is 489 g/mol. The fourth-order valence-electron chi connectivity index (χ4n) is 5.12. The summed E-state index contributed by atoms with van der Waals surface area (Å²) >= 11 is 0. The van der Waals surface area contributed by atoms with Crippen LogP contribution in [-0.2, 0) is 0 Å². The summed E-state index contributed by atoms with van der Waals surface area (Å²) in [4.78, 5) is 20.7. The molecule has 4 rings (SSSR count). The van der Waals surface area contributed by atoms with Crippen LogP contribution >= 0.6 is 0 Å². The van der Waals surface area contributed by atoms with Gasteiger partial charge in [0.15, 0.2) is 0 Å². The second kappa shape index (κ2) is 12.8. The number of aromatic nitrogens is 1. The molecule has 204 valence electrons. The normalized spacial score (nSPS) is 19.4. The number of anilines is 1. The highest BCUT2D eigenvalue weighted by atomic mass is 19.1. The number of aliphatic imine (C=N–C) groups is 3. The van der Waals surface area contributed by atoms with Gasteiger partial charge in [-0.15, -0.1) is 0 Å². The highest BCUT2D eigenvalue weighted by Gasteiger charge is 2.32. The predicted molar refractivity (Wildman–Crippen MR) is 161 cm³/mol. The molecule has 2 unspecified atom stereocenters. The Labute approximate surface area is 230 Å². The van der Waals surface area contributed by atoms with Crippen molar-refractivity contribution < 1.29 is 4.39 Å². The molecule has 7 nitrogen and oxygen atoms in total. The first-order valence-corrected chi connectivity index (χ1v) is 13.5. The molecule has 2 aliphatic rings. The van der Waals surface area contributed by atoms with Crippen LogP contribution in [0.25, 0.3) is 11.3 Å². The molecule has 0 spiro atoms. The van der Waals surface area contributed by atoms with Gasteiger partial charge in [0.05, 0.1) is 18.3 Å².